The Balaban J connectivity index is 1.88. The monoisotopic (exact) mass is 475 g/mol. The number of hydrogen-bond donors (Lipinski definition) is 0. The third-order valence-corrected chi connectivity index (χ3v) is 5.78. The zero-order valence-electron chi connectivity index (χ0n) is 17.8. The van der Waals surface area contributed by atoms with Crippen molar-refractivity contribution in [3.05, 3.63) is 47.2 Å². The average Bonchev–Trinajstić information content (AvgIpc) is 3.01. The topological polar surface area (TPSA) is 90.7 Å². The Hall–Kier alpha value is -2.60. The van der Waals surface area contributed by atoms with Gasteiger partial charge in [0.05, 0.1) is 11.1 Å². The van der Waals surface area contributed by atoms with Crippen LogP contribution in [0.3, 0.4) is 0 Å². The molecule has 0 atom stereocenters. The van der Waals surface area contributed by atoms with E-state index in [9.17, 15) is 26.4 Å². The molecule has 1 aliphatic heterocycles. The number of nitrogens with zero attached hydrogens (tertiary/aromatic N) is 3. The fraction of sp³-hybridized carbons (Fsp3) is 0.500. The molecule has 176 valence electrons. The zero-order chi connectivity index (χ0) is 23.7. The van der Waals surface area contributed by atoms with Gasteiger partial charge in [-0.05, 0) is 32.8 Å². The summed E-state index contributed by atoms with van der Waals surface area (Å²) in [6.45, 7) is 5.87. The van der Waals surface area contributed by atoms with Crippen molar-refractivity contribution >= 4 is 16.1 Å². The van der Waals surface area contributed by atoms with Crippen LogP contribution in [0.15, 0.2) is 30.3 Å². The third-order valence-electron chi connectivity index (χ3n) is 4.83. The molecule has 0 saturated heterocycles. The summed E-state index contributed by atoms with van der Waals surface area (Å²) in [7, 11) is -5.88. The van der Waals surface area contributed by atoms with Crippen LogP contribution in [0.2, 0.25) is 0 Å². The Morgan fingerprint density at radius 1 is 1.16 bits per heavy atom. The van der Waals surface area contributed by atoms with Gasteiger partial charge in [0.25, 0.3) is 5.88 Å². The van der Waals surface area contributed by atoms with Crippen LogP contribution in [0.5, 0.6) is 5.88 Å². The number of esters is 1. The zero-order valence-corrected chi connectivity index (χ0v) is 18.7. The summed E-state index contributed by atoms with van der Waals surface area (Å²) in [5, 5.41) is 3.90. The van der Waals surface area contributed by atoms with Crippen LogP contribution in [0.1, 0.15) is 37.6 Å². The van der Waals surface area contributed by atoms with Gasteiger partial charge in [0.15, 0.2) is 6.73 Å². The van der Waals surface area contributed by atoms with Gasteiger partial charge < -0.3 is 8.92 Å². The number of alkyl halides is 3. The molecule has 12 heteroatoms. The van der Waals surface area contributed by atoms with Crippen LogP contribution in [0, 0.1) is 5.41 Å². The highest BCUT2D eigenvalue weighted by Gasteiger charge is 2.49. The molecule has 0 spiro atoms. The summed E-state index contributed by atoms with van der Waals surface area (Å²) in [5.41, 5.74) is -4.67. The number of carbonyl (C=O) groups excluding carboxylic acids is 1. The highest BCUT2D eigenvalue weighted by atomic mass is 32.2. The fourth-order valence-corrected chi connectivity index (χ4v) is 3.57. The Morgan fingerprint density at radius 2 is 1.81 bits per heavy atom. The number of ether oxygens (including phenoxy) is 1. The van der Waals surface area contributed by atoms with Gasteiger partial charge in [-0.25, -0.2) is 4.68 Å². The van der Waals surface area contributed by atoms with Gasteiger partial charge in [0, 0.05) is 25.2 Å². The first kappa shape index (κ1) is 24.1. The van der Waals surface area contributed by atoms with Gasteiger partial charge in [-0.3, -0.25) is 9.69 Å². The second-order valence-electron chi connectivity index (χ2n) is 8.47. The highest BCUT2D eigenvalue weighted by Crippen LogP contribution is 2.33. The van der Waals surface area contributed by atoms with E-state index >= 15 is 0 Å². The first-order chi connectivity index (χ1) is 14.8. The average molecular weight is 475 g/mol. The minimum absolute atomic E-state index is 0.220. The normalized spacial score (nSPS) is 15.3. The minimum atomic E-state index is -5.88. The van der Waals surface area contributed by atoms with Crippen LogP contribution in [-0.4, -0.2) is 41.1 Å². The van der Waals surface area contributed by atoms with Crippen molar-refractivity contribution in [2.45, 2.75) is 52.5 Å². The summed E-state index contributed by atoms with van der Waals surface area (Å²) in [6, 6.07) is 9.58. The molecule has 2 aromatic rings. The van der Waals surface area contributed by atoms with Crippen LogP contribution in [-0.2, 0) is 45.9 Å². The lowest BCUT2D eigenvalue weighted by Crippen LogP contribution is -2.32. The van der Waals surface area contributed by atoms with Crippen molar-refractivity contribution < 1.29 is 35.3 Å². The fourth-order valence-electron chi connectivity index (χ4n) is 3.14. The summed E-state index contributed by atoms with van der Waals surface area (Å²) in [6.07, 6.45) is 0.220. The molecule has 32 heavy (non-hydrogen) atoms. The lowest BCUT2D eigenvalue weighted by Gasteiger charge is -2.27. The minimum Gasteiger partial charge on any atom is -0.442 e. The Kier molecular flexibility index (Phi) is 6.57. The summed E-state index contributed by atoms with van der Waals surface area (Å²) >= 11 is 0. The predicted molar refractivity (Wildman–Crippen MR) is 108 cm³/mol. The van der Waals surface area contributed by atoms with E-state index in [-0.39, 0.29) is 25.3 Å². The molecular weight excluding hydrogens is 451 g/mol. The SMILES string of the molecule is CC(C)(C)C(=O)OCn1nc(OS(=O)(=O)C(F)(F)F)c2c1CN(Cc1ccccc1)CC2. The number of aromatic nitrogens is 2. The van der Waals surface area contributed by atoms with E-state index < -0.39 is 32.9 Å². The number of fused-ring (bicyclic) bond motifs is 1. The molecule has 0 unspecified atom stereocenters. The van der Waals surface area contributed by atoms with Crippen LogP contribution >= 0.6 is 0 Å². The predicted octanol–water partition coefficient (Wildman–Crippen LogP) is 3.22. The van der Waals surface area contributed by atoms with E-state index in [1.165, 1.54) is 4.68 Å². The molecule has 0 radical (unpaired) electrons. The first-order valence-corrected chi connectivity index (χ1v) is 11.2. The molecule has 0 saturated carbocycles. The quantitative estimate of drug-likeness (QED) is 0.360. The second kappa shape index (κ2) is 8.74. The molecule has 0 aliphatic carbocycles. The standard InChI is InChI=1S/C20H24F3N3O5S/c1-19(2,3)18(27)30-13-26-16-12-25(11-14-7-5-4-6-8-14)10-9-15(16)17(24-26)31-32(28,29)20(21,22)23/h4-8H,9-13H2,1-3H3. The van der Waals surface area contributed by atoms with E-state index in [4.69, 9.17) is 4.74 Å². The largest absolute Gasteiger partial charge is 0.534 e. The molecule has 2 heterocycles. The number of rotatable bonds is 6. The van der Waals surface area contributed by atoms with E-state index in [2.05, 4.69) is 9.28 Å². The highest BCUT2D eigenvalue weighted by molar-refractivity contribution is 7.87. The van der Waals surface area contributed by atoms with Gasteiger partial charge in [0.1, 0.15) is 0 Å². The van der Waals surface area contributed by atoms with Crippen molar-refractivity contribution in [2.24, 2.45) is 5.41 Å². The third kappa shape index (κ3) is 5.41. The van der Waals surface area contributed by atoms with Crippen molar-refractivity contribution in [1.29, 1.82) is 0 Å². The van der Waals surface area contributed by atoms with Crippen LogP contribution in [0.25, 0.3) is 0 Å². The summed E-state index contributed by atoms with van der Waals surface area (Å²) < 4.78 is 72.3. The summed E-state index contributed by atoms with van der Waals surface area (Å²) in [4.78, 5) is 14.2. The molecule has 0 fully saturated rings. The molecule has 1 aliphatic rings. The molecule has 3 rings (SSSR count). The van der Waals surface area contributed by atoms with Crippen LogP contribution in [0.4, 0.5) is 13.2 Å². The van der Waals surface area contributed by atoms with E-state index in [1.807, 2.05) is 35.2 Å². The van der Waals surface area contributed by atoms with E-state index in [0.29, 0.717) is 18.8 Å². The Labute approximate surface area is 184 Å². The maximum absolute atomic E-state index is 12.8. The molecule has 0 N–H and O–H groups in total. The van der Waals surface area contributed by atoms with E-state index in [1.54, 1.807) is 20.8 Å². The molecule has 0 amide bonds. The van der Waals surface area contributed by atoms with Gasteiger partial charge >= 0.3 is 21.6 Å². The molecule has 8 nitrogen and oxygen atoms in total. The number of halogens is 3. The summed E-state index contributed by atoms with van der Waals surface area (Å²) in [5.74, 6) is -1.19. The van der Waals surface area contributed by atoms with Gasteiger partial charge in [-0.1, -0.05) is 30.3 Å². The second-order valence-corrected chi connectivity index (χ2v) is 10.0. The maximum Gasteiger partial charge on any atom is 0.534 e. The molecular formula is C20H24F3N3O5S. The number of carbonyl (C=O) groups is 1. The van der Waals surface area contributed by atoms with Gasteiger partial charge in [0.2, 0.25) is 0 Å². The molecule has 0 bridgehead atoms. The van der Waals surface area contributed by atoms with Crippen molar-refractivity contribution in [3.63, 3.8) is 0 Å². The van der Waals surface area contributed by atoms with Crippen molar-refractivity contribution in [2.75, 3.05) is 6.54 Å². The molecule has 1 aromatic heterocycles. The lowest BCUT2D eigenvalue weighted by atomic mass is 9.98. The van der Waals surface area contributed by atoms with Gasteiger partial charge in [-0.2, -0.15) is 21.6 Å². The van der Waals surface area contributed by atoms with Crippen molar-refractivity contribution in [1.82, 2.24) is 14.7 Å². The van der Waals surface area contributed by atoms with Gasteiger partial charge in [-0.15, -0.1) is 5.10 Å². The number of benzene rings is 1. The van der Waals surface area contributed by atoms with Crippen LogP contribution < -0.4 is 4.18 Å². The Morgan fingerprint density at radius 3 is 2.41 bits per heavy atom. The maximum atomic E-state index is 12.8. The first-order valence-electron chi connectivity index (χ1n) is 9.81. The smallest absolute Gasteiger partial charge is 0.442 e. The number of hydrogen-bond acceptors (Lipinski definition) is 7. The Bertz CT molecular complexity index is 1080. The van der Waals surface area contributed by atoms with Crippen molar-refractivity contribution in [3.8, 4) is 5.88 Å². The molecule has 1 aromatic carbocycles. The van der Waals surface area contributed by atoms with E-state index in [0.717, 1.165) is 5.56 Å². The lowest BCUT2D eigenvalue weighted by molar-refractivity contribution is -0.157.